The van der Waals surface area contributed by atoms with Crippen LogP contribution in [0.25, 0.3) is 4.96 Å². The van der Waals surface area contributed by atoms with Gasteiger partial charge in [0.05, 0.1) is 11.3 Å². The molecular formula is C13H21N3OS. The predicted molar refractivity (Wildman–Crippen MR) is 75.3 cm³/mol. The second-order valence-electron chi connectivity index (χ2n) is 4.91. The molecule has 0 aliphatic carbocycles. The van der Waals surface area contributed by atoms with Gasteiger partial charge in [0, 0.05) is 36.8 Å². The van der Waals surface area contributed by atoms with Crippen LogP contribution in [0.2, 0.25) is 0 Å². The summed E-state index contributed by atoms with van der Waals surface area (Å²) in [7, 11) is 1.98. The van der Waals surface area contributed by atoms with Crippen LogP contribution in [0.5, 0.6) is 0 Å². The average molecular weight is 267 g/mol. The maximum Gasteiger partial charge on any atom is 0.193 e. The second-order valence-corrected chi connectivity index (χ2v) is 5.78. The fourth-order valence-electron chi connectivity index (χ4n) is 2.25. The van der Waals surface area contributed by atoms with Crippen molar-refractivity contribution in [1.82, 2.24) is 14.7 Å². The van der Waals surface area contributed by atoms with Gasteiger partial charge in [-0.15, -0.1) is 11.3 Å². The van der Waals surface area contributed by atoms with Crippen LogP contribution in [0.1, 0.15) is 26.5 Å². The highest BCUT2D eigenvalue weighted by Gasteiger charge is 2.29. The van der Waals surface area contributed by atoms with Gasteiger partial charge in [0.1, 0.15) is 0 Å². The van der Waals surface area contributed by atoms with Gasteiger partial charge in [-0.3, -0.25) is 4.40 Å². The van der Waals surface area contributed by atoms with E-state index in [0.717, 1.165) is 23.7 Å². The zero-order valence-electron chi connectivity index (χ0n) is 11.4. The van der Waals surface area contributed by atoms with E-state index in [4.69, 9.17) is 4.74 Å². The average Bonchev–Trinajstić information content (AvgIpc) is 2.85. The van der Waals surface area contributed by atoms with Crippen LogP contribution >= 0.6 is 11.3 Å². The van der Waals surface area contributed by atoms with Gasteiger partial charge in [-0.1, -0.05) is 0 Å². The van der Waals surface area contributed by atoms with Crippen molar-refractivity contribution >= 4 is 16.3 Å². The van der Waals surface area contributed by atoms with E-state index in [1.807, 2.05) is 25.5 Å². The van der Waals surface area contributed by atoms with Crippen molar-refractivity contribution in [3.8, 4) is 0 Å². The third-order valence-electron chi connectivity index (χ3n) is 3.26. The molecule has 1 unspecified atom stereocenters. The molecule has 0 aliphatic heterocycles. The fourth-order valence-corrected chi connectivity index (χ4v) is 2.97. The molecule has 0 bridgehead atoms. The van der Waals surface area contributed by atoms with Crippen LogP contribution in [0.3, 0.4) is 0 Å². The molecule has 1 atom stereocenters. The maximum atomic E-state index is 5.82. The van der Waals surface area contributed by atoms with Crippen molar-refractivity contribution in [2.75, 3.05) is 13.7 Å². The normalized spacial score (nSPS) is 14.2. The Morgan fingerprint density at radius 3 is 2.94 bits per heavy atom. The first-order valence-corrected chi connectivity index (χ1v) is 7.17. The molecule has 0 saturated carbocycles. The SMILES string of the molecule is CCOC(C)(C)C(Cc1cn2ccsc2n1)NC. The lowest BCUT2D eigenvalue weighted by Gasteiger charge is -2.33. The molecule has 0 fully saturated rings. The highest BCUT2D eigenvalue weighted by molar-refractivity contribution is 7.15. The number of likely N-dealkylation sites (N-methyl/N-ethyl adjacent to an activating group) is 1. The van der Waals surface area contributed by atoms with Crippen molar-refractivity contribution in [2.24, 2.45) is 0 Å². The molecule has 0 aromatic carbocycles. The summed E-state index contributed by atoms with van der Waals surface area (Å²) >= 11 is 1.66. The van der Waals surface area contributed by atoms with Crippen LogP contribution in [0.15, 0.2) is 17.8 Å². The number of thiazole rings is 1. The van der Waals surface area contributed by atoms with Gasteiger partial charge in [-0.25, -0.2) is 4.98 Å². The summed E-state index contributed by atoms with van der Waals surface area (Å²) in [5.41, 5.74) is 0.912. The molecule has 5 heteroatoms. The van der Waals surface area contributed by atoms with Crippen LogP contribution in [-0.2, 0) is 11.2 Å². The summed E-state index contributed by atoms with van der Waals surface area (Å²) in [4.78, 5) is 5.67. The van der Waals surface area contributed by atoms with Crippen LogP contribution in [0, 0.1) is 0 Å². The van der Waals surface area contributed by atoms with Crippen molar-refractivity contribution in [3.05, 3.63) is 23.5 Å². The Bertz CT molecular complexity index is 475. The molecular weight excluding hydrogens is 246 g/mol. The van der Waals surface area contributed by atoms with E-state index in [1.54, 1.807) is 11.3 Å². The first kappa shape index (κ1) is 13.5. The van der Waals surface area contributed by atoms with Gasteiger partial charge in [-0.05, 0) is 27.8 Å². The van der Waals surface area contributed by atoms with E-state index >= 15 is 0 Å². The van der Waals surface area contributed by atoms with Gasteiger partial charge in [0.2, 0.25) is 0 Å². The number of aromatic nitrogens is 2. The molecule has 18 heavy (non-hydrogen) atoms. The Labute approximate surface area is 112 Å². The first-order valence-electron chi connectivity index (χ1n) is 6.29. The summed E-state index contributed by atoms with van der Waals surface area (Å²) < 4.78 is 7.89. The molecule has 0 spiro atoms. The molecule has 2 aromatic rings. The molecule has 100 valence electrons. The summed E-state index contributed by atoms with van der Waals surface area (Å²) in [6, 6.07) is 0.252. The molecule has 0 saturated heterocycles. The Kier molecular flexibility index (Phi) is 4.04. The van der Waals surface area contributed by atoms with Gasteiger partial charge in [0.25, 0.3) is 0 Å². The van der Waals surface area contributed by atoms with Gasteiger partial charge in [0.15, 0.2) is 4.96 Å². The molecule has 0 aliphatic rings. The standard InChI is InChI=1S/C13H21N3OS/c1-5-17-13(2,3)11(14-4)8-10-9-16-6-7-18-12(16)15-10/h6-7,9,11,14H,5,8H2,1-4H3. The minimum absolute atomic E-state index is 0.194. The van der Waals surface area contributed by atoms with E-state index in [0.29, 0.717) is 0 Å². The minimum Gasteiger partial charge on any atom is -0.374 e. The van der Waals surface area contributed by atoms with Gasteiger partial charge < -0.3 is 10.1 Å². The number of fused-ring (bicyclic) bond motifs is 1. The molecule has 0 radical (unpaired) electrons. The largest absolute Gasteiger partial charge is 0.374 e. The Balaban J connectivity index is 2.12. The molecule has 4 nitrogen and oxygen atoms in total. The van der Waals surface area contributed by atoms with E-state index in [9.17, 15) is 0 Å². The molecule has 1 N–H and O–H groups in total. The van der Waals surface area contributed by atoms with E-state index in [1.165, 1.54) is 0 Å². The molecule has 2 heterocycles. The molecule has 2 aromatic heterocycles. The van der Waals surface area contributed by atoms with Crippen molar-refractivity contribution in [3.63, 3.8) is 0 Å². The number of nitrogens with zero attached hydrogens (tertiary/aromatic N) is 2. The van der Waals surface area contributed by atoms with Crippen LogP contribution in [0.4, 0.5) is 0 Å². The van der Waals surface area contributed by atoms with Crippen LogP contribution in [-0.4, -0.2) is 34.7 Å². The lowest BCUT2D eigenvalue weighted by Crippen LogP contribution is -2.48. The third kappa shape index (κ3) is 2.74. The quantitative estimate of drug-likeness (QED) is 0.873. The zero-order valence-corrected chi connectivity index (χ0v) is 12.3. The van der Waals surface area contributed by atoms with Crippen molar-refractivity contribution in [1.29, 1.82) is 0 Å². The number of hydrogen-bond donors (Lipinski definition) is 1. The fraction of sp³-hybridized carbons (Fsp3) is 0.615. The van der Waals surface area contributed by atoms with Gasteiger partial charge in [-0.2, -0.15) is 0 Å². The monoisotopic (exact) mass is 267 g/mol. The summed E-state index contributed by atoms with van der Waals surface area (Å²) in [5.74, 6) is 0. The van der Waals surface area contributed by atoms with E-state index in [-0.39, 0.29) is 11.6 Å². The highest BCUT2D eigenvalue weighted by Crippen LogP contribution is 2.20. The predicted octanol–water partition coefficient (Wildman–Crippen LogP) is 2.34. The van der Waals surface area contributed by atoms with Crippen molar-refractivity contribution < 1.29 is 4.74 Å². The molecule has 2 rings (SSSR count). The lowest BCUT2D eigenvalue weighted by atomic mass is 9.94. The van der Waals surface area contributed by atoms with E-state index in [2.05, 4.69) is 34.7 Å². The number of hydrogen-bond acceptors (Lipinski definition) is 4. The smallest absolute Gasteiger partial charge is 0.193 e. The number of imidazole rings is 1. The van der Waals surface area contributed by atoms with E-state index < -0.39 is 0 Å². The zero-order chi connectivity index (χ0) is 13.2. The van der Waals surface area contributed by atoms with Crippen LogP contribution < -0.4 is 5.32 Å². The Morgan fingerprint density at radius 1 is 1.56 bits per heavy atom. The lowest BCUT2D eigenvalue weighted by molar-refractivity contribution is -0.0365. The minimum atomic E-state index is -0.194. The third-order valence-corrected chi connectivity index (χ3v) is 4.03. The number of rotatable bonds is 6. The first-order chi connectivity index (χ1) is 8.56. The Hall–Kier alpha value is -0.910. The number of ether oxygens (including phenoxy) is 1. The Morgan fingerprint density at radius 2 is 2.33 bits per heavy atom. The maximum absolute atomic E-state index is 5.82. The summed E-state index contributed by atoms with van der Waals surface area (Å²) in [6.45, 7) is 7.00. The topological polar surface area (TPSA) is 38.6 Å². The summed E-state index contributed by atoms with van der Waals surface area (Å²) in [6.07, 6.45) is 5.01. The summed E-state index contributed by atoms with van der Waals surface area (Å²) in [5, 5.41) is 5.39. The molecule has 0 amide bonds. The van der Waals surface area contributed by atoms with Crippen molar-refractivity contribution in [2.45, 2.75) is 38.8 Å². The van der Waals surface area contributed by atoms with Gasteiger partial charge >= 0.3 is 0 Å². The second kappa shape index (κ2) is 5.38. The highest BCUT2D eigenvalue weighted by atomic mass is 32.1. The number of nitrogens with one attached hydrogen (secondary N) is 1.